The summed E-state index contributed by atoms with van der Waals surface area (Å²) in [6.45, 7) is 5.63. The number of fused-ring (bicyclic) bond motifs is 1. The Labute approximate surface area is 162 Å². The Morgan fingerprint density at radius 3 is 2.64 bits per heavy atom. The molecule has 0 radical (unpaired) electrons. The molecule has 7 nitrogen and oxygen atoms in total. The van der Waals surface area contributed by atoms with Crippen molar-refractivity contribution in [3.05, 3.63) is 64.6 Å². The number of nitrogens with one attached hydrogen (secondary N) is 2. The number of aromatic amines is 1. The number of aromatic nitrogens is 2. The molecule has 0 saturated carbocycles. The van der Waals surface area contributed by atoms with Gasteiger partial charge in [0.05, 0.1) is 24.1 Å². The lowest BCUT2D eigenvalue weighted by molar-refractivity contribution is -0.00545. The molecule has 0 aliphatic carbocycles. The van der Waals surface area contributed by atoms with Gasteiger partial charge in [-0.15, -0.1) is 0 Å². The van der Waals surface area contributed by atoms with Gasteiger partial charge in [-0.1, -0.05) is 12.1 Å². The molecule has 2 aromatic heterocycles. The summed E-state index contributed by atoms with van der Waals surface area (Å²) in [5, 5.41) is 3.23. The van der Waals surface area contributed by atoms with Crippen LogP contribution in [0.4, 0.5) is 11.5 Å². The fourth-order valence-corrected chi connectivity index (χ4v) is 3.55. The quantitative estimate of drug-likeness (QED) is 0.732. The van der Waals surface area contributed by atoms with Gasteiger partial charge in [0, 0.05) is 30.2 Å². The number of nitrogens with zero attached hydrogens (tertiary/aromatic N) is 2. The number of carbonyl (C=O) groups excluding carboxylic acids is 1. The van der Waals surface area contributed by atoms with Crippen LogP contribution < -0.4 is 15.6 Å². The van der Waals surface area contributed by atoms with Crippen molar-refractivity contribution in [2.24, 2.45) is 0 Å². The van der Waals surface area contributed by atoms with Crippen molar-refractivity contribution in [1.82, 2.24) is 9.97 Å². The first-order valence-corrected chi connectivity index (χ1v) is 9.29. The number of anilines is 2. The minimum Gasteiger partial charge on any atom is -0.372 e. The molecule has 1 amide bonds. The molecule has 1 saturated heterocycles. The Morgan fingerprint density at radius 1 is 1.18 bits per heavy atom. The Morgan fingerprint density at radius 2 is 1.93 bits per heavy atom. The first-order chi connectivity index (χ1) is 13.5. The van der Waals surface area contributed by atoms with Gasteiger partial charge in [0.15, 0.2) is 0 Å². The number of ether oxygens (including phenoxy) is 1. The summed E-state index contributed by atoms with van der Waals surface area (Å²) in [6.07, 6.45) is 3.33. The Bertz CT molecular complexity index is 1050. The Balaban J connectivity index is 1.51. The largest absolute Gasteiger partial charge is 0.372 e. The Hall–Kier alpha value is -3.19. The second-order valence-corrected chi connectivity index (χ2v) is 7.10. The van der Waals surface area contributed by atoms with Crippen LogP contribution in [0.5, 0.6) is 0 Å². The number of rotatable bonds is 3. The van der Waals surface area contributed by atoms with Gasteiger partial charge in [-0.2, -0.15) is 0 Å². The van der Waals surface area contributed by atoms with Crippen molar-refractivity contribution in [3.63, 3.8) is 0 Å². The van der Waals surface area contributed by atoms with Crippen molar-refractivity contribution < 1.29 is 9.53 Å². The molecule has 1 aromatic carbocycles. The number of benzene rings is 1. The summed E-state index contributed by atoms with van der Waals surface area (Å²) in [5.41, 5.74) is 1.01. The topological polar surface area (TPSA) is 87.3 Å². The standard InChI is InChI=1S/C21H22N4O3/c1-13-11-25(12-14(2)28-13)19-8-7-15(9-23-19)24-21(27)17-10-22-18-6-4-3-5-16(18)20(17)26/h3-10,13-14H,11-12H2,1-2H3,(H,22,26)(H,24,27). The minimum atomic E-state index is -0.463. The second-order valence-electron chi connectivity index (χ2n) is 7.10. The fourth-order valence-electron chi connectivity index (χ4n) is 3.55. The van der Waals surface area contributed by atoms with E-state index in [2.05, 4.69) is 20.2 Å². The average Bonchev–Trinajstić information content (AvgIpc) is 2.68. The van der Waals surface area contributed by atoms with Gasteiger partial charge in [-0.05, 0) is 38.1 Å². The van der Waals surface area contributed by atoms with Crippen molar-refractivity contribution in [2.75, 3.05) is 23.3 Å². The number of pyridine rings is 2. The molecule has 2 atom stereocenters. The van der Waals surface area contributed by atoms with E-state index in [4.69, 9.17) is 4.74 Å². The minimum absolute atomic E-state index is 0.0682. The highest BCUT2D eigenvalue weighted by Gasteiger charge is 2.23. The molecule has 28 heavy (non-hydrogen) atoms. The number of H-pyrrole nitrogens is 1. The highest BCUT2D eigenvalue weighted by atomic mass is 16.5. The lowest BCUT2D eigenvalue weighted by atomic mass is 10.1. The number of hydrogen-bond donors (Lipinski definition) is 2. The number of carbonyl (C=O) groups is 1. The van der Waals surface area contributed by atoms with Gasteiger partial charge in [0.2, 0.25) is 5.43 Å². The van der Waals surface area contributed by atoms with Crippen LogP contribution in [0.2, 0.25) is 0 Å². The summed E-state index contributed by atoms with van der Waals surface area (Å²) >= 11 is 0. The van der Waals surface area contributed by atoms with Crippen molar-refractivity contribution in [3.8, 4) is 0 Å². The monoisotopic (exact) mass is 378 g/mol. The Kier molecular flexibility index (Phi) is 4.83. The van der Waals surface area contributed by atoms with Crippen LogP contribution in [-0.4, -0.2) is 41.2 Å². The molecule has 2 unspecified atom stereocenters. The van der Waals surface area contributed by atoms with Crippen LogP contribution in [0.25, 0.3) is 10.9 Å². The van der Waals surface area contributed by atoms with Crippen LogP contribution >= 0.6 is 0 Å². The number of amides is 1. The molecule has 144 valence electrons. The maximum absolute atomic E-state index is 12.6. The third-order valence-corrected chi connectivity index (χ3v) is 4.78. The van der Waals surface area contributed by atoms with Crippen LogP contribution in [0.15, 0.2) is 53.6 Å². The summed E-state index contributed by atoms with van der Waals surface area (Å²) < 4.78 is 5.75. The molecular weight excluding hydrogens is 356 g/mol. The lowest BCUT2D eigenvalue weighted by Gasteiger charge is -2.36. The van der Waals surface area contributed by atoms with E-state index in [1.54, 1.807) is 30.5 Å². The van der Waals surface area contributed by atoms with Gasteiger partial charge < -0.3 is 19.9 Å². The fraction of sp³-hybridized carbons (Fsp3) is 0.286. The van der Waals surface area contributed by atoms with E-state index in [1.165, 1.54) is 6.20 Å². The molecule has 1 fully saturated rings. The molecule has 3 aromatic rings. The summed E-state index contributed by atoms with van der Waals surface area (Å²) in [4.78, 5) is 34.8. The van der Waals surface area contributed by atoms with Crippen LogP contribution in [0, 0.1) is 0 Å². The van der Waals surface area contributed by atoms with Crippen molar-refractivity contribution in [1.29, 1.82) is 0 Å². The van der Waals surface area contributed by atoms with E-state index in [0.29, 0.717) is 16.6 Å². The van der Waals surface area contributed by atoms with E-state index in [1.807, 2.05) is 26.0 Å². The van der Waals surface area contributed by atoms with E-state index < -0.39 is 5.91 Å². The molecule has 1 aliphatic heterocycles. The van der Waals surface area contributed by atoms with Gasteiger partial charge in [-0.25, -0.2) is 4.98 Å². The zero-order chi connectivity index (χ0) is 19.7. The maximum atomic E-state index is 12.6. The van der Waals surface area contributed by atoms with Crippen LogP contribution in [0.3, 0.4) is 0 Å². The second kappa shape index (κ2) is 7.44. The number of hydrogen-bond acceptors (Lipinski definition) is 5. The molecule has 7 heteroatoms. The van der Waals surface area contributed by atoms with Crippen LogP contribution in [0.1, 0.15) is 24.2 Å². The third-order valence-electron chi connectivity index (χ3n) is 4.78. The van der Waals surface area contributed by atoms with E-state index >= 15 is 0 Å². The molecule has 1 aliphatic rings. The van der Waals surface area contributed by atoms with Crippen molar-refractivity contribution >= 4 is 28.3 Å². The third kappa shape index (κ3) is 3.61. The summed E-state index contributed by atoms with van der Waals surface area (Å²) in [5.74, 6) is 0.374. The average molecular weight is 378 g/mol. The predicted molar refractivity (Wildman–Crippen MR) is 109 cm³/mol. The zero-order valence-electron chi connectivity index (χ0n) is 15.8. The molecular formula is C21H22N4O3. The van der Waals surface area contributed by atoms with Gasteiger partial charge >= 0.3 is 0 Å². The highest BCUT2D eigenvalue weighted by Crippen LogP contribution is 2.20. The SMILES string of the molecule is CC1CN(c2ccc(NC(=O)c3c[nH]c4ccccc4c3=O)cn2)CC(C)O1. The van der Waals surface area contributed by atoms with E-state index in [-0.39, 0.29) is 23.2 Å². The molecule has 0 bridgehead atoms. The summed E-state index contributed by atoms with van der Waals surface area (Å²) in [7, 11) is 0. The normalized spacial score (nSPS) is 19.6. The molecule has 3 heterocycles. The number of morpholine rings is 1. The highest BCUT2D eigenvalue weighted by molar-refractivity contribution is 6.05. The van der Waals surface area contributed by atoms with Gasteiger partial charge in [0.25, 0.3) is 5.91 Å². The zero-order valence-corrected chi connectivity index (χ0v) is 15.8. The smallest absolute Gasteiger partial charge is 0.261 e. The number of para-hydroxylation sites is 1. The van der Waals surface area contributed by atoms with E-state index in [9.17, 15) is 9.59 Å². The lowest BCUT2D eigenvalue weighted by Crippen LogP contribution is -2.45. The van der Waals surface area contributed by atoms with E-state index in [0.717, 1.165) is 18.9 Å². The molecule has 0 spiro atoms. The first kappa shape index (κ1) is 18.2. The van der Waals surface area contributed by atoms with Gasteiger partial charge in [-0.3, -0.25) is 9.59 Å². The molecule has 2 N–H and O–H groups in total. The predicted octanol–water partition coefficient (Wildman–Crippen LogP) is 2.79. The molecule has 4 rings (SSSR count). The first-order valence-electron chi connectivity index (χ1n) is 9.29. The maximum Gasteiger partial charge on any atom is 0.261 e. The van der Waals surface area contributed by atoms with Crippen molar-refractivity contribution in [2.45, 2.75) is 26.1 Å². The summed E-state index contributed by atoms with van der Waals surface area (Å²) in [6, 6.07) is 10.8. The van der Waals surface area contributed by atoms with Crippen LogP contribution in [-0.2, 0) is 4.74 Å². The van der Waals surface area contributed by atoms with Gasteiger partial charge in [0.1, 0.15) is 11.4 Å².